The number of piperidine rings is 1. The van der Waals surface area contributed by atoms with E-state index in [4.69, 9.17) is 0 Å². The van der Waals surface area contributed by atoms with Crippen molar-refractivity contribution in [3.63, 3.8) is 0 Å². The molecule has 1 aromatic carbocycles. The highest BCUT2D eigenvalue weighted by atomic mass is 16.2. The minimum absolute atomic E-state index is 0.213. The largest absolute Gasteiger partial charge is 0.342 e. The number of hydrogen-bond acceptors (Lipinski definition) is 2. The smallest absolute Gasteiger partial charge is 0.226 e. The van der Waals surface area contributed by atoms with Crippen LogP contribution in [0.15, 0.2) is 24.3 Å². The molecule has 3 rings (SSSR count). The Morgan fingerprint density at radius 3 is 2.41 bits per heavy atom. The topological polar surface area (TPSA) is 32.3 Å². The van der Waals surface area contributed by atoms with Crippen LogP contribution in [0.3, 0.4) is 0 Å². The van der Waals surface area contributed by atoms with Gasteiger partial charge in [0.2, 0.25) is 5.91 Å². The van der Waals surface area contributed by atoms with Crippen LogP contribution in [0, 0.1) is 5.92 Å². The molecular formula is C19H28N2O. The van der Waals surface area contributed by atoms with Crippen LogP contribution in [0.2, 0.25) is 0 Å². The van der Waals surface area contributed by atoms with Crippen molar-refractivity contribution in [2.45, 2.75) is 51.0 Å². The predicted octanol–water partition coefficient (Wildman–Crippen LogP) is 3.12. The number of benzene rings is 1. The van der Waals surface area contributed by atoms with Gasteiger partial charge < -0.3 is 10.2 Å². The van der Waals surface area contributed by atoms with Gasteiger partial charge in [-0.15, -0.1) is 0 Å². The summed E-state index contributed by atoms with van der Waals surface area (Å²) >= 11 is 0. The molecule has 1 saturated heterocycles. The third-order valence-electron chi connectivity index (χ3n) is 5.34. The number of carbonyl (C=O) groups is 1. The zero-order valence-electron chi connectivity index (χ0n) is 14.0. The van der Waals surface area contributed by atoms with Gasteiger partial charge in [-0.2, -0.15) is 0 Å². The number of hydrogen-bond donors (Lipinski definition) is 1. The fourth-order valence-electron chi connectivity index (χ4n) is 3.60. The normalized spacial score (nSPS) is 25.3. The lowest BCUT2D eigenvalue weighted by Crippen LogP contribution is -2.44. The SMILES string of the molecule is CC(C)c1ccc(C2CC2C(=O)N(C)C2CCNCC2)cc1. The molecule has 2 aliphatic rings. The monoisotopic (exact) mass is 300 g/mol. The molecule has 2 fully saturated rings. The fourth-order valence-corrected chi connectivity index (χ4v) is 3.60. The summed E-state index contributed by atoms with van der Waals surface area (Å²) in [7, 11) is 2.00. The Kier molecular flexibility index (Phi) is 4.53. The second-order valence-electron chi connectivity index (χ2n) is 7.20. The average molecular weight is 300 g/mol. The lowest BCUT2D eigenvalue weighted by molar-refractivity contribution is -0.133. The van der Waals surface area contributed by atoms with Gasteiger partial charge >= 0.3 is 0 Å². The summed E-state index contributed by atoms with van der Waals surface area (Å²) in [4.78, 5) is 14.7. The quantitative estimate of drug-likeness (QED) is 0.926. The molecule has 0 bridgehead atoms. The highest BCUT2D eigenvalue weighted by molar-refractivity contribution is 5.83. The molecule has 2 atom stereocenters. The summed E-state index contributed by atoms with van der Waals surface area (Å²) < 4.78 is 0. The molecule has 1 aliphatic carbocycles. The molecule has 1 aliphatic heterocycles. The van der Waals surface area contributed by atoms with E-state index in [1.807, 2.05) is 11.9 Å². The van der Waals surface area contributed by atoms with Crippen LogP contribution in [0.4, 0.5) is 0 Å². The number of rotatable bonds is 4. The van der Waals surface area contributed by atoms with Crippen LogP contribution in [-0.4, -0.2) is 37.0 Å². The summed E-state index contributed by atoms with van der Waals surface area (Å²) in [6.07, 6.45) is 3.20. The van der Waals surface area contributed by atoms with Gasteiger partial charge in [-0.05, 0) is 55.3 Å². The summed E-state index contributed by atoms with van der Waals surface area (Å²) in [5, 5.41) is 3.36. The van der Waals surface area contributed by atoms with Crippen molar-refractivity contribution in [1.29, 1.82) is 0 Å². The first-order chi connectivity index (χ1) is 10.6. The molecule has 3 nitrogen and oxygen atoms in total. The number of amides is 1. The van der Waals surface area contributed by atoms with E-state index < -0.39 is 0 Å². The lowest BCUT2D eigenvalue weighted by Gasteiger charge is -2.32. The summed E-state index contributed by atoms with van der Waals surface area (Å²) in [6.45, 7) is 6.50. The van der Waals surface area contributed by atoms with Crippen LogP contribution in [-0.2, 0) is 4.79 Å². The molecule has 1 amide bonds. The van der Waals surface area contributed by atoms with E-state index in [9.17, 15) is 4.79 Å². The van der Waals surface area contributed by atoms with E-state index >= 15 is 0 Å². The Morgan fingerprint density at radius 2 is 1.82 bits per heavy atom. The van der Waals surface area contributed by atoms with E-state index in [1.165, 1.54) is 11.1 Å². The maximum atomic E-state index is 12.7. The van der Waals surface area contributed by atoms with Crippen molar-refractivity contribution in [3.05, 3.63) is 35.4 Å². The number of nitrogens with one attached hydrogen (secondary N) is 1. The zero-order valence-corrected chi connectivity index (χ0v) is 14.0. The molecule has 2 unspecified atom stereocenters. The first kappa shape index (κ1) is 15.5. The average Bonchev–Trinajstić information content (AvgIpc) is 3.35. The van der Waals surface area contributed by atoms with Crippen LogP contribution < -0.4 is 5.32 Å². The van der Waals surface area contributed by atoms with Crippen LogP contribution in [0.1, 0.15) is 56.1 Å². The van der Waals surface area contributed by atoms with Gasteiger partial charge in [0.25, 0.3) is 0 Å². The molecule has 1 aromatic rings. The second kappa shape index (κ2) is 6.41. The Bertz CT molecular complexity index is 517. The molecule has 0 spiro atoms. The highest BCUT2D eigenvalue weighted by Crippen LogP contribution is 2.48. The first-order valence-corrected chi connectivity index (χ1v) is 8.65. The maximum Gasteiger partial charge on any atom is 0.226 e. The first-order valence-electron chi connectivity index (χ1n) is 8.65. The summed E-state index contributed by atoms with van der Waals surface area (Å²) in [5.41, 5.74) is 2.71. The third kappa shape index (κ3) is 3.19. The van der Waals surface area contributed by atoms with Gasteiger partial charge in [-0.3, -0.25) is 4.79 Å². The van der Waals surface area contributed by atoms with Crippen LogP contribution in [0.5, 0.6) is 0 Å². The Morgan fingerprint density at radius 1 is 1.18 bits per heavy atom. The van der Waals surface area contributed by atoms with Crippen molar-refractivity contribution in [3.8, 4) is 0 Å². The second-order valence-corrected chi connectivity index (χ2v) is 7.20. The third-order valence-corrected chi connectivity index (χ3v) is 5.34. The van der Waals surface area contributed by atoms with E-state index in [0.717, 1.165) is 32.4 Å². The molecule has 120 valence electrons. The van der Waals surface area contributed by atoms with E-state index in [-0.39, 0.29) is 5.92 Å². The molecule has 1 saturated carbocycles. The molecule has 22 heavy (non-hydrogen) atoms. The fraction of sp³-hybridized carbons (Fsp3) is 0.632. The van der Waals surface area contributed by atoms with Crippen molar-refractivity contribution in [2.24, 2.45) is 5.92 Å². The van der Waals surface area contributed by atoms with Crippen molar-refractivity contribution in [2.75, 3.05) is 20.1 Å². The minimum atomic E-state index is 0.213. The van der Waals surface area contributed by atoms with Crippen molar-refractivity contribution >= 4 is 5.91 Å². The summed E-state index contributed by atoms with van der Waals surface area (Å²) in [6, 6.07) is 9.31. The Balaban J connectivity index is 1.59. The summed E-state index contributed by atoms with van der Waals surface area (Å²) in [5.74, 6) is 1.57. The molecule has 0 aromatic heterocycles. The van der Waals surface area contributed by atoms with Crippen molar-refractivity contribution in [1.82, 2.24) is 10.2 Å². The van der Waals surface area contributed by atoms with Crippen LogP contribution in [0.25, 0.3) is 0 Å². The standard InChI is InChI=1S/C19H28N2O/c1-13(2)14-4-6-15(7-5-14)17-12-18(17)19(22)21(3)16-8-10-20-11-9-16/h4-7,13,16-18,20H,8-12H2,1-3H3. The van der Waals surface area contributed by atoms with Gasteiger partial charge in [0.15, 0.2) is 0 Å². The van der Waals surface area contributed by atoms with Crippen molar-refractivity contribution < 1.29 is 4.79 Å². The lowest BCUT2D eigenvalue weighted by atomic mass is 9.99. The highest BCUT2D eigenvalue weighted by Gasteiger charge is 2.46. The maximum absolute atomic E-state index is 12.7. The Labute approximate surface area is 134 Å². The van der Waals surface area contributed by atoms with E-state index in [2.05, 4.69) is 43.4 Å². The number of carbonyl (C=O) groups excluding carboxylic acids is 1. The van der Waals surface area contributed by atoms with E-state index in [1.54, 1.807) is 0 Å². The Hall–Kier alpha value is -1.35. The molecule has 1 heterocycles. The van der Waals surface area contributed by atoms with Gasteiger partial charge in [0.05, 0.1) is 0 Å². The van der Waals surface area contributed by atoms with E-state index in [0.29, 0.717) is 23.8 Å². The molecule has 0 radical (unpaired) electrons. The molecule has 3 heteroatoms. The zero-order chi connectivity index (χ0) is 15.7. The molecule has 1 N–H and O–H groups in total. The minimum Gasteiger partial charge on any atom is -0.342 e. The van der Waals surface area contributed by atoms with Gasteiger partial charge in [-0.25, -0.2) is 0 Å². The predicted molar refractivity (Wildman–Crippen MR) is 90.0 cm³/mol. The van der Waals surface area contributed by atoms with Gasteiger partial charge in [0, 0.05) is 19.0 Å². The number of nitrogens with zero attached hydrogens (tertiary/aromatic N) is 1. The van der Waals surface area contributed by atoms with Gasteiger partial charge in [-0.1, -0.05) is 38.1 Å². The van der Waals surface area contributed by atoms with Gasteiger partial charge in [0.1, 0.15) is 0 Å². The molecular weight excluding hydrogens is 272 g/mol. The van der Waals surface area contributed by atoms with Crippen LogP contribution >= 0.6 is 0 Å².